The number of anilines is 1. The Kier molecular flexibility index (Phi) is 4.76. The average Bonchev–Trinajstić information content (AvgIpc) is 2.94. The molecule has 1 aromatic carbocycles. The summed E-state index contributed by atoms with van der Waals surface area (Å²) in [4.78, 5) is 3.95. The van der Waals surface area contributed by atoms with Crippen LogP contribution in [0.25, 0.3) is 0 Å². The van der Waals surface area contributed by atoms with E-state index < -0.39 is 10.0 Å². The molecule has 0 unspecified atom stereocenters. The summed E-state index contributed by atoms with van der Waals surface area (Å²) in [6.45, 7) is 2.34. The lowest BCUT2D eigenvalue weighted by atomic mass is 10.3. The maximum Gasteiger partial charge on any atom is 0.244 e. The van der Waals surface area contributed by atoms with E-state index in [0.717, 1.165) is 0 Å². The molecule has 1 aromatic heterocycles. The number of aromatic amines is 1. The van der Waals surface area contributed by atoms with Crippen molar-refractivity contribution in [2.75, 3.05) is 18.9 Å². The highest BCUT2D eigenvalue weighted by atomic mass is 32.2. The quantitative estimate of drug-likeness (QED) is 0.632. The lowest BCUT2D eigenvalue weighted by molar-refractivity contribution is 0.331. The number of nitrogens with two attached hydrogens (primary N) is 1. The number of hydrogen-bond acceptors (Lipinski definition) is 6. The second kappa shape index (κ2) is 6.55. The van der Waals surface area contributed by atoms with Crippen molar-refractivity contribution in [1.29, 1.82) is 0 Å². The molecule has 2 rings (SSSR count). The van der Waals surface area contributed by atoms with E-state index in [9.17, 15) is 8.42 Å². The third-order valence-electron chi connectivity index (χ3n) is 2.68. The summed E-state index contributed by atoms with van der Waals surface area (Å²) in [5.74, 6) is 0.883. The predicted molar refractivity (Wildman–Crippen MR) is 77.3 cm³/mol. The molecule has 2 aromatic rings. The molecule has 0 atom stereocenters. The molecule has 114 valence electrons. The van der Waals surface area contributed by atoms with Crippen molar-refractivity contribution >= 4 is 15.7 Å². The number of nitrogen functional groups attached to an aromatic ring is 1. The lowest BCUT2D eigenvalue weighted by Gasteiger charge is -2.12. The first kappa shape index (κ1) is 15.3. The van der Waals surface area contributed by atoms with Crippen LogP contribution < -0.4 is 15.2 Å². The Hall–Kier alpha value is -2.13. The van der Waals surface area contributed by atoms with Gasteiger partial charge in [-0.25, -0.2) is 18.1 Å². The largest absolute Gasteiger partial charge is 0.492 e. The molecule has 0 saturated carbocycles. The first-order valence-electron chi connectivity index (χ1n) is 6.39. The van der Waals surface area contributed by atoms with Crippen LogP contribution >= 0.6 is 0 Å². The number of rotatable bonds is 7. The molecule has 0 aliphatic carbocycles. The fraction of sp³-hybridized carbons (Fsp3) is 0.333. The van der Waals surface area contributed by atoms with E-state index in [1.807, 2.05) is 0 Å². The zero-order valence-corrected chi connectivity index (χ0v) is 12.4. The van der Waals surface area contributed by atoms with Crippen molar-refractivity contribution in [1.82, 2.24) is 19.9 Å². The Labute approximate surface area is 122 Å². The van der Waals surface area contributed by atoms with Gasteiger partial charge in [0.1, 0.15) is 22.8 Å². The summed E-state index contributed by atoms with van der Waals surface area (Å²) < 4.78 is 32.4. The second-order valence-corrected chi connectivity index (χ2v) is 5.95. The van der Waals surface area contributed by atoms with Crippen LogP contribution in [0.2, 0.25) is 0 Å². The average molecular weight is 311 g/mol. The SMILES string of the molecule is CCOc1ccc(N)cc1S(=O)(=O)NCCc1ncn[nH]1. The molecule has 1 heterocycles. The Morgan fingerprint density at radius 1 is 1.43 bits per heavy atom. The topological polar surface area (TPSA) is 123 Å². The van der Waals surface area contributed by atoms with Crippen LogP contribution in [-0.4, -0.2) is 36.8 Å². The summed E-state index contributed by atoms with van der Waals surface area (Å²) in [5.41, 5.74) is 6.01. The van der Waals surface area contributed by atoms with E-state index in [4.69, 9.17) is 10.5 Å². The van der Waals surface area contributed by atoms with Crippen LogP contribution in [-0.2, 0) is 16.4 Å². The molecule has 21 heavy (non-hydrogen) atoms. The minimum absolute atomic E-state index is 0.0296. The number of benzene rings is 1. The van der Waals surface area contributed by atoms with Crippen molar-refractivity contribution < 1.29 is 13.2 Å². The summed E-state index contributed by atoms with van der Waals surface area (Å²) in [7, 11) is -3.71. The fourth-order valence-corrected chi connectivity index (χ4v) is 2.95. The highest BCUT2D eigenvalue weighted by molar-refractivity contribution is 7.89. The van der Waals surface area contributed by atoms with E-state index in [-0.39, 0.29) is 17.2 Å². The number of nitrogens with zero attached hydrogens (tertiary/aromatic N) is 2. The fourth-order valence-electron chi connectivity index (χ4n) is 1.74. The van der Waals surface area contributed by atoms with Gasteiger partial charge in [-0.05, 0) is 25.1 Å². The van der Waals surface area contributed by atoms with Crippen molar-refractivity contribution in [3.05, 3.63) is 30.4 Å². The summed E-state index contributed by atoms with van der Waals surface area (Å²) in [5, 5.41) is 6.36. The molecular weight excluding hydrogens is 294 g/mol. The van der Waals surface area contributed by atoms with Gasteiger partial charge in [0.15, 0.2) is 0 Å². The van der Waals surface area contributed by atoms with Crippen LogP contribution in [0.1, 0.15) is 12.7 Å². The minimum atomic E-state index is -3.71. The van der Waals surface area contributed by atoms with Crippen molar-refractivity contribution in [2.45, 2.75) is 18.2 Å². The molecule has 4 N–H and O–H groups in total. The van der Waals surface area contributed by atoms with Crippen LogP contribution in [0, 0.1) is 0 Å². The number of H-pyrrole nitrogens is 1. The van der Waals surface area contributed by atoms with E-state index in [2.05, 4.69) is 19.9 Å². The third kappa shape index (κ3) is 3.92. The molecule has 0 aliphatic rings. The van der Waals surface area contributed by atoms with Gasteiger partial charge in [-0.2, -0.15) is 5.10 Å². The highest BCUT2D eigenvalue weighted by Crippen LogP contribution is 2.26. The monoisotopic (exact) mass is 311 g/mol. The van der Waals surface area contributed by atoms with Gasteiger partial charge in [-0.15, -0.1) is 0 Å². The second-order valence-electron chi connectivity index (χ2n) is 4.22. The Morgan fingerprint density at radius 2 is 2.24 bits per heavy atom. The summed E-state index contributed by atoms with van der Waals surface area (Å²) in [6, 6.07) is 4.52. The van der Waals surface area contributed by atoms with Gasteiger partial charge in [-0.3, -0.25) is 5.10 Å². The van der Waals surface area contributed by atoms with E-state index in [0.29, 0.717) is 24.5 Å². The molecule has 0 radical (unpaired) electrons. The minimum Gasteiger partial charge on any atom is -0.492 e. The molecular formula is C12H17N5O3S. The van der Waals surface area contributed by atoms with Gasteiger partial charge in [0.2, 0.25) is 10.0 Å². The van der Waals surface area contributed by atoms with Crippen molar-refractivity contribution in [2.24, 2.45) is 0 Å². The van der Waals surface area contributed by atoms with Crippen LogP contribution in [0.4, 0.5) is 5.69 Å². The van der Waals surface area contributed by atoms with Crippen LogP contribution in [0.15, 0.2) is 29.4 Å². The predicted octanol–water partition coefficient (Wildman–Crippen LogP) is 0.307. The van der Waals surface area contributed by atoms with Crippen molar-refractivity contribution in [3.63, 3.8) is 0 Å². The lowest BCUT2D eigenvalue weighted by Crippen LogP contribution is -2.27. The zero-order chi connectivity index (χ0) is 15.3. The number of aromatic nitrogens is 3. The number of hydrogen-bond donors (Lipinski definition) is 3. The van der Waals surface area contributed by atoms with E-state index in [1.54, 1.807) is 19.1 Å². The summed E-state index contributed by atoms with van der Waals surface area (Å²) in [6.07, 6.45) is 1.78. The first-order valence-corrected chi connectivity index (χ1v) is 7.87. The van der Waals surface area contributed by atoms with Crippen molar-refractivity contribution in [3.8, 4) is 5.75 Å². The molecule has 9 heteroatoms. The maximum atomic E-state index is 12.3. The molecule has 0 fully saturated rings. The number of sulfonamides is 1. The number of nitrogens with one attached hydrogen (secondary N) is 2. The normalized spacial score (nSPS) is 11.5. The standard InChI is InChI=1S/C12H17N5O3S/c1-2-20-10-4-3-9(13)7-11(10)21(18,19)16-6-5-12-14-8-15-17-12/h3-4,7-8,16H,2,5-6,13H2,1H3,(H,14,15,17). The number of ether oxygens (including phenoxy) is 1. The molecule has 0 amide bonds. The third-order valence-corrected chi connectivity index (χ3v) is 4.16. The van der Waals surface area contributed by atoms with Crippen LogP contribution in [0.3, 0.4) is 0 Å². The Bertz CT molecular complexity index is 685. The van der Waals surface area contributed by atoms with Gasteiger partial charge < -0.3 is 10.5 Å². The molecule has 8 nitrogen and oxygen atoms in total. The van der Waals surface area contributed by atoms with Gasteiger partial charge in [0.25, 0.3) is 0 Å². The van der Waals surface area contributed by atoms with E-state index >= 15 is 0 Å². The zero-order valence-electron chi connectivity index (χ0n) is 11.5. The Balaban J connectivity index is 2.12. The molecule has 0 aliphatic heterocycles. The molecule has 0 bridgehead atoms. The smallest absolute Gasteiger partial charge is 0.244 e. The maximum absolute atomic E-state index is 12.3. The van der Waals surface area contributed by atoms with Gasteiger partial charge >= 0.3 is 0 Å². The summed E-state index contributed by atoms with van der Waals surface area (Å²) >= 11 is 0. The van der Waals surface area contributed by atoms with Gasteiger partial charge in [0.05, 0.1) is 6.61 Å². The van der Waals surface area contributed by atoms with Gasteiger partial charge in [-0.1, -0.05) is 0 Å². The highest BCUT2D eigenvalue weighted by Gasteiger charge is 2.19. The first-order chi connectivity index (χ1) is 10.0. The Morgan fingerprint density at radius 3 is 2.90 bits per heavy atom. The molecule has 0 spiro atoms. The van der Waals surface area contributed by atoms with Crippen LogP contribution in [0.5, 0.6) is 5.75 Å². The van der Waals surface area contributed by atoms with Gasteiger partial charge in [0, 0.05) is 18.7 Å². The van der Waals surface area contributed by atoms with E-state index in [1.165, 1.54) is 12.4 Å². The molecule has 0 saturated heterocycles.